The number of phosphoric acid groups is 1. The predicted octanol–water partition coefficient (Wildman–Crippen LogP) is -2.87. The maximum Gasteiger partial charge on any atom is 0.349 e. The van der Waals surface area contributed by atoms with E-state index in [4.69, 9.17) is 0 Å². The molecule has 3 rings (SSSR count). The highest BCUT2D eigenvalue weighted by Crippen LogP contribution is 2.26. The fraction of sp³-hybridized carbons (Fsp3) is 0.412. The number of rotatable bonds is 7. The third-order valence-corrected chi connectivity index (χ3v) is 5.25. The summed E-state index contributed by atoms with van der Waals surface area (Å²) in [5, 5.41) is 30.4. The molecule has 2 heterocycles. The van der Waals surface area contributed by atoms with Crippen molar-refractivity contribution in [3.05, 3.63) is 44.1 Å². The summed E-state index contributed by atoms with van der Waals surface area (Å²) in [6.45, 7) is 2.11. The smallest absolute Gasteiger partial charge is 0.349 e. The van der Waals surface area contributed by atoms with E-state index in [-0.39, 0.29) is 11.5 Å². The van der Waals surface area contributed by atoms with Gasteiger partial charge in [-0.25, -0.2) is 9.78 Å². The second kappa shape index (κ2) is 8.55. The van der Waals surface area contributed by atoms with Crippen LogP contribution in [0.2, 0.25) is 0 Å². The number of aliphatic hydroxyl groups excluding tert-OH is 3. The molecule has 0 amide bonds. The van der Waals surface area contributed by atoms with Gasteiger partial charge < -0.3 is 38.8 Å². The fourth-order valence-electron chi connectivity index (χ4n) is 3.05. The number of H-pyrrole nitrogens is 1. The van der Waals surface area contributed by atoms with Crippen LogP contribution in [0.15, 0.2) is 21.7 Å². The highest BCUT2D eigenvalue weighted by Gasteiger charge is 2.28. The van der Waals surface area contributed by atoms with Crippen LogP contribution in [0.1, 0.15) is 11.1 Å². The van der Waals surface area contributed by atoms with Crippen LogP contribution in [0.3, 0.4) is 0 Å². The van der Waals surface area contributed by atoms with E-state index >= 15 is 0 Å². The number of benzene rings is 1. The zero-order chi connectivity index (χ0) is 23.1. The van der Waals surface area contributed by atoms with E-state index in [0.29, 0.717) is 11.0 Å². The Morgan fingerprint density at radius 1 is 1.13 bits per heavy atom. The monoisotopic (exact) mass is 454 g/mol. The Labute approximate surface area is 174 Å². The lowest BCUT2D eigenvalue weighted by Crippen LogP contribution is -2.43. The molecule has 0 spiro atoms. The maximum atomic E-state index is 12.2. The van der Waals surface area contributed by atoms with Crippen LogP contribution in [0.5, 0.6) is 0 Å². The van der Waals surface area contributed by atoms with E-state index in [0.717, 1.165) is 11.1 Å². The summed E-state index contributed by atoms with van der Waals surface area (Å²) in [6.07, 6.45) is -5.58. The summed E-state index contributed by atoms with van der Waals surface area (Å²) in [6, 6.07) is 3.38. The minimum Gasteiger partial charge on any atom is -0.790 e. The van der Waals surface area contributed by atoms with Crippen LogP contribution in [-0.2, 0) is 15.6 Å². The van der Waals surface area contributed by atoms with Crippen LogP contribution < -0.4 is 21.0 Å². The molecule has 3 unspecified atom stereocenters. The van der Waals surface area contributed by atoms with Crippen molar-refractivity contribution in [2.75, 3.05) is 6.61 Å². The Bertz CT molecular complexity index is 1250. The molecule has 1 aromatic rings. The van der Waals surface area contributed by atoms with Crippen LogP contribution in [0.25, 0.3) is 22.6 Å². The van der Waals surface area contributed by atoms with Crippen molar-refractivity contribution < 1.29 is 34.2 Å². The summed E-state index contributed by atoms with van der Waals surface area (Å²) in [7, 11) is -5.39. The highest BCUT2D eigenvalue weighted by molar-refractivity contribution is 7.43. The van der Waals surface area contributed by atoms with Gasteiger partial charge in [-0.3, -0.25) is 9.78 Å². The second-order valence-corrected chi connectivity index (χ2v) is 8.21. The number of phosphoric ester groups is 1. The van der Waals surface area contributed by atoms with Gasteiger partial charge in [0.2, 0.25) is 0 Å². The first-order valence-electron chi connectivity index (χ1n) is 9.00. The lowest BCUT2D eigenvalue weighted by molar-refractivity contribution is -0.343. The average Bonchev–Trinajstić information content (AvgIpc) is 2.67. The molecule has 0 bridgehead atoms. The van der Waals surface area contributed by atoms with Gasteiger partial charge >= 0.3 is 5.69 Å². The lowest BCUT2D eigenvalue weighted by Gasteiger charge is -2.31. The molecular weight excluding hydrogens is 435 g/mol. The van der Waals surface area contributed by atoms with Crippen molar-refractivity contribution in [2.45, 2.75) is 38.7 Å². The minimum atomic E-state index is -5.39. The van der Waals surface area contributed by atoms with Gasteiger partial charge in [0.25, 0.3) is 5.56 Å². The number of aryl methyl sites for hydroxylation is 2. The van der Waals surface area contributed by atoms with Gasteiger partial charge in [-0.2, -0.15) is 4.98 Å². The van der Waals surface area contributed by atoms with E-state index in [9.17, 15) is 39.3 Å². The number of aromatic amines is 1. The van der Waals surface area contributed by atoms with Gasteiger partial charge in [-0.1, -0.05) is 0 Å². The lowest BCUT2D eigenvalue weighted by atomic mass is 10.1. The Balaban J connectivity index is 2.06. The van der Waals surface area contributed by atoms with E-state index in [1.807, 2.05) is 18.8 Å². The Kier molecular flexibility index (Phi) is 6.39. The third kappa shape index (κ3) is 5.05. The van der Waals surface area contributed by atoms with Crippen LogP contribution in [-0.4, -0.2) is 59.8 Å². The number of hydrogen-bond donors (Lipinski definition) is 4. The van der Waals surface area contributed by atoms with E-state index in [1.54, 1.807) is 12.1 Å². The second-order valence-electron chi connectivity index (χ2n) is 7.06. The van der Waals surface area contributed by atoms with Crippen molar-refractivity contribution in [3.8, 4) is 11.5 Å². The van der Waals surface area contributed by atoms with Gasteiger partial charge in [0.15, 0.2) is 11.5 Å². The molecule has 0 saturated heterocycles. The van der Waals surface area contributed by atoms with Crippen molar-refractivity contribution >= 4 is 18.9 Å². The summed E-state index contributed by atoms with van der Waals surface area (Å²) in [5.41, 5.74) is 0.512. The van der Waals surface area contributed by atoms with Gasteiger partial charge in [0.1, 0.15) is 18.3 Å². The molecule has 3 atom stereocenters. The third-order valence-electron chi connectivity index (χ3n) is 4.79. The number of nitrogens with zero attached hydrogens (tertiary/aromatic N) is 3. The number of fused-ring (bicyclic) bond motifs is 2. The maximum absolute atomic E-state index is 12.2. The molecule has 1 aromatic carbocycles. The molecule has 0 aliphatic carbocycles. The van der Waals surface area contributed by atoms with Crippen molar-refractivity contribution in [2.24, 2.45) is 0 Å². The van der Waals surface area contributed by atoms with Crippen LogP contribution in [0, 0.1) is 13.8 Å². The van der Waals surface area contributed by atoms with Crippen LogP contribution >= 0.6 is 7.82 Å². The molecule has 14 heteroatoms. The summed E-state index contributed by atoms with van der Waals surface area (Å²) < 4.78 is 15.8. The highest BCUT2D eigenvalue weighted by atomic mass is 31.2. The summed E-state index contributed by atoms with van der Waals surface area (Å²) in [5.74, 6) is -0.162. The number of hydrogen-bond acceptors (Lipinski definition) is 11. The molecule has 2 aliphatic rings. The molecule has 0 fully saturated rings. The van der Waals surface area contributed by atoms with Gasteiger partial charge in [0, 0.05) is 0 Å². The van der Waals surface area contributed by atoms with Gasteiger partial charge in [0.05, 0.1) is 32.0 Å². The molecule has 0 aromatic heterocycles. The molecule has 13 nitrogen and oxygen atoms in total. The van der Waals surface area contributed by atoms with Crippen molar-refractivity contribution in [1.29, 1.82) is 0 Å². The topological polar surface area (TPSA) is 214 Å². The first-order chi connectivity index (χ1) is 14.4. The normalized spacial score (nSPS) is 15.3. The molecule has 4 N–H and O–H groups in total. The Hall–Kier alpha value is -2.51. The minimum absolute atomic E-state index is 0.162. The van der Waals surface area contributed by atoms with Crippen molar-refractivity contribution in [3.63, 3.8) is 0 Å². The molecular formula is C17H19N4O9P-2. The number of aliphatic hydroxyl groups is 3. The molecule has 31 heavy (non-hydrogen) atoms. The number of aromatic nitrogens is 4. The Morgan fingerprint density at radius 3 is 2.42 bits per heavy atom. The van der Waals surface area contributed by atoms with Crippen LogP contribution in [0.4, 0.5) is 0 Å². The molecule has 168 valence electrons. The summed E-state index contributed by atoms with van der Waals surface area (Å²) in [4.78, 5) is 55.1. The Morgan fingerprint density at radius 2 is 1.77 bits per heavy atom. The molecule has 0 radical (unpaired) electrons. The quantitative estimate of drug-likeness (QED) is 0.210. The zero-order valence-corrected chi connectivity index (χ0v) is 17.3. The first kappa shape index (κ1) is 23.2. The van der Waals surface area contributed by atoms with E-state index in [2.05, 4.69) is 14.5 Å². The van der Waals surface area contributed by atoms with Crippen molar-refractivity contribution in [1.82, 2.24) is 19.5 Å². The SMILES string of the molecule is Cc1cc2nc3c(=O)[nH]c(=O)nc-3n(CC(O)C(O)C(O)COP(=O)([O-])[O-])c2cc1C. The van der Waals surface area contributed by atoms with E-state index < -0.39 is 50.5 Å². The standard InChI is InChI=1S/C17H21N4O9P/c1-7-3-9-10(4-8(7)2)21(15-13(18-9)16(25)20-17(26)19-15)5-11(22)14(24)12(23)6-30-31(27,28)29/h3-4,11-12,14,22-24H,5-6H2,1-2H3,(H,20,25,26)(H2,27,28,29)/p-2. The fourth-order valence-corrected chi connectivity index (χ4v) is 3.39. The van der Waals surface area contributed by atoms with E-state index in [1.165, 1.54) is 4.57 Å². The predicted molar refractivity (Wildman–Crippen MR) is 102 cm³/mol. The first-order valence-corrected chi connectivity index (χ1v) is 10.5. The molecule has 0 saturated carbocycles. The average molecular weight is 454 g/mol. The zero-order valence-electron chi connectivity index (χ0n) is 16.4. The largest absolute Gasteiger partial charge is 0.790 e. The van der Waals surface area contributed by atoms with Gasteiger partial charge in [-0.05, 0) is 37.1 Å². The van der Waals surface area contributed by atoms with Gasteiger partial charge in [-0.15, -0.1) is 0 Å². The number of nitrogens with one attached hydrogen (secondary N) is 1. The molecule has 2 aliphatic heterocycles. The summed E-state index contributed by atoms with van der Waals surface area (Å²) >= 11 is 0.